The number of fused-ring (bicyclic) bond motifs is 1. The molecule has 3 aromatic rings. The number of phosphoric acid groups is 1. The number of hydrogen-bond donors (Lipinski definition) is 5. The maximum atomic E-state index is 13.9. The summed E-state index contributed by atoms with van der Waals surface area (Å²) in [6.45, 7) is 3.10. The smallest absolute Gasteiger partial charge is 0.390 e. The molecule has 3 unspecified atom stereocenters. The molecule has 1 heterocycles. The van der Waals surface area contributed by atoms with Gasteiger partial charge >= 0.3 is 7.82 Å². The number of carbonyl (C=O) groups is 2. The van der Waals surface area contributed by atoms with Crippen LogP contribution in [-0.2, 0) is 20.3 Å². The lowest BCUT2D eigenvalue weighted by molar-refractivity contribution is -0.123. The third-order valence-corrected chi connectivity index (χ3v) is 6.63. The summed E-state index contributed by atoms with van der Waals surface area (Å²) in [5, 5.41) is 12.8. The Kier molecular flexibility index (Phi) is 9.87. The topological polar surface area (TPSA) is 185 Å². The average molecular weight is 563 g/mol. The maximum Gasteiger partial charge on any atom is 0.469 e. The Morgan fingerprint density at radius 1 is 1.15 bits per heavy atom. The summed E-state index contributed by atoms with van der Waals surface area (Å²) >= 11 is 0. The molecular weight excluding hydrogens is 530 g/mol. The van der Waals surface area contributed by atoms with Gasteiger partial charge in [0.2, 0.25) is 5.91 Å². The van der Waals surface area contributed by atoms with E-state index in [-0.39, 0.29) is 31.4 Å². The number of nitrogens with two attached hydrogens (primary N) is 1. The molecule has 0 bridgehead atoms. The highest BCUT2D eigenvalue weighted by molar-refractivity contribution is 7.46. The van der Waals surface area contributed by atoms with Gasteiger partial charge in [-0.15, -0.1) is 0 Å². The first-order valence-electron chi connectivity index (χ1n) is 12.2. The number of hydrogen-bond acceptors (Lipinski definition) is 7. The molecule has 6 N–H and O–H groups in total. The summed E-state index contributed by atoms with van der Waals surface area (Å²) in [5.41, 5.74) is 5.79. The summed E-state index contributed by atoms with van der Waals surface area (Å²) in [7, 11) is -5.13. The van der Waals surface area contributed by atoms with Crippen molar-refractivity contribution in [1.29, 1.82) is 0 Å². The van der Waals surface area contributed by atoms with Crippen molar-refractivity contribution in [3.63, 3.8) is 0 Å². The Labute approximate surface area is 224 Å². The normalized spacial score (nSPS) is 14.5. The van der Waals surface area contributed by atoms with E-state index in [9.17, 15) is 33.4 Å². The summed E-state index contributed by atoms with van der Waals surface area (Å²) < 4.78 is 31.0. The highest BCUT2D eigenvalue weighted by Crippen LogP contribution is 2.40. The third-order valence-electron chi connectivity index (χ3n) is 6.09. The van der Waals surface area contributed by atoms with E-state index in [1.54, 1.807) is 44.2 Å². The first-order valence-corrected chi connectivity index (χ1v) is 13.8. The van der Waals surface area contributed by atoms with E-state index in [1.807, 2.05) is 0 Å². The molecule has 13 heteroatoms. The van der Waals surface area contributed by atoms with Crippen molar-refractivity contribution in [3.05, 3.63) is 71.8 Å². The highest BCUT2D eigenvalue weighted by atomic mass is 31.2. The van der Waals surface area contributed by atoms with Crippen molar-refractivity contribution in [2.75, 3.05) is 0 Å². The molecule has 2 amide bonds. The molecule has 0 aliphatic heterocycles. The predicted molar refractivity (Wildman–Crippen MR) is 141 cm³/mol. The number of nitrogens with zero attached hydrogens (tertiary/aromatic N) is 2. The molecule has 0 aliphatic rings. The molecule has 11 nitrogen and oxygen atoms in total. The van der Waals surface area contributed by atoms with E-state index in [2.05, 4.69) is 15.3 Å². The van der Waals surface area contributed by atoms with Crippen molar-refractivity contribution in [1.82, 2.24) is 15.3 Å². The van der Waals surface area contributed by atoms with Crippen LogP contribution >= 0.6 is 7.82 Å². The van der Waals surface area contributed by atoms with Crippen molar-refractivity contribution in [2.24, 2.45) is 11.7 Å². The number of rotatable bonds is 13. The molecule has 0 spiro atoms. The van der Waals surface area contributed by atoms with Crippen LogP contribution in [0.4, 0.5) is 4.39 Å². The van der Waals surface area contributed by atoms with Crippen LogP contribution in [-0.4, -0.2) is 54.4 Å². The number of para-hydroxylation sites is 2. The predicted octanol–water partition coefficient (Wildman–Crippen LogP) is 2.63. The molecule has 0 radical (unpaired) electrons. The number of amides is 2. The second-order valence-corrected chi connectivity index (χ2v) is 11.2. The van der Waals surface area contributed by atoms with Crippen LogP contribution in [0.2, 0.25) is 0 Å². The Balaban J connectivity index is 1.96. The maximum absolute atomic E-state index is 13.9. The van der Waals surface area contributed by atoms with Crippen LogP contribution in [0.15, 0.2) is 54.7 Å². The van der Waals surface area contributed by atoms with E-state index in [0.717, 1.165) is 0 Å². The zero-order valence-electron chi connectivity index (χ0n) is 21.5. The van der Waals surface area contributed by atoms with Gasteiger partial charge in [0, 0.05) is 5.92 Å². The molecule has 210 valence electrons. The number of aromatic nitrogens is 2. The van der Waals surface area contributed by atoms with Crippen LogP contribution in [0.25, 0.3) is 11.0 Å². The fourth-order valence-electron chi connectivity index (χ4n) is 4.14. The summed E-state index contributed by atoms with van der Waals surface area (Å²) in [6, 6.07) is 11.2. The van der Waals surface area contributed by atoms with E-state index in [0.29, 0.717) is 16.6 Å². The number of primary amides is 1. The van der Waals surface area contributed by atoms with Gasteiger partial charge in [-0.3, -0.25) is 19.1 Å². The second kappa shape index (κ2) is 12.7. The van der Waals surface area contributed by atoms with Crippen molar-refractivity contribution < 1.29 is 38.0 Å². The summed E-state index contributed by atoms with van der Waals surface area (Å²) in [6.07, 6.45) is -0.309. The molecule has 2 aromatic carbocycles. The molecule has 0 fully saturated rings. The minimum atomic E-state index is -5.13. The lowest BCUT2D eigenvalue weighted by atomic mass is 9.87. The summed E-state index contributed by atoms with van der Waals surface area (Å²) in [4.78, 5) is 53.3. The molecule has 39 heavy (non-hydrogen) atoms. The number of nitrogens with one attached hydrogen (secondary N) is 1. The van der Waals surface area contributed by atoms with Crippen LogP contribution in [0.5, 0.6) is 0 Å². The van der Waals surface area contributed by atoms with E-state index in [1.165, 1.54) is 24.4 Å². The van der Waals surface area contributed by atoms with Crippen LogP contribution < -0.4 is 11.1 Å². The molecular formula is C26H32FN4O7P. The number of benzene rings is 2. The van der Waals surface area contributed by atoms with Gasteiger partial charge in [0.05, 0.1) is 35.0 Å². The van der Waals surface area contributed by atoms with Gasteiger partial charge in [-0.1, -0.05) is 24.3 Å². The number of aliphatic hydroxyl groups is 1. The van der Waals surface area contributed by atoms with Crippen LogP contribution in [0, 0.1) is 11.7 Å². The van der Waals surface area contributed by atoms with Crippen molar-refractivity contribution in [2.45, 2.75) is 57.3 Å². The Bertz CT molecular complexity index is 1360. The van der Waals surface area contributed by atoms with Gasteiger partial charge in [0.15, 0.2) is 0 Å². The SMILES string of the molecule is CC(C)(O)CCC(CC(OP(=O)(O)O)C(Cc1cccc(F)c1)NC(=O)c1cnc2ccccc2n1)C(N)=O. The van der Waals surface area contributed by atoms with Gasteiger partial charge in [-0.05, 0) is 69.4 Å². The van der Waals surface area contributed by atoms with E-state index < -0.39 is 49.1 Å². The Morgan fingerprint density at radius 3 is 2.46 bits per heavy atom. The minimum absolute atomic E-state index is 0.0682. The van der Waals surface area contributed by atoms with Gasteiger partial charge in [-0.2, -0.15) is 0 Å². The molecule has 0 saturated heterocycles. The monoisotopic (exact) mass is 562 g/mol. The number of phosphoric ester groups is 1. The molecule has 1 aromatic heterocycles. The number of carbonyl (C=O) groups excluding carboxylic acids is 2. The molecule has 0 saturated carbocycles. The zero-order valence-corrected chi connectivity index (χ0v) is 22.4. The summed E-state index contributed by atoms with van der Waals surface area (Å²) in [5.74, 6) is -3.00. The lowest BCUT2D eigenvalue weighted by Gasteiger charge is -2.31. The average Bonchev–Trinajstić information content (AvgIpc) is 2.83. The second-order valence-electron chi connectivity index (χ2n) is 9.98. The fourth-order valence-corrected chi connectivity index (χ4v) is 4.73. The zero-order chi connectivity index (χ0) is 28.8. The van der Waals surface area contributed by atoms with E-state index >= 15 is 0 Å². The first kappa shape index (κ1) is 30.3. The van der Waals surface area contributed by atoms with Gasteiger partial charge in [-0.25, -0.2) is 13.9 Å². The fraction of sp³-hybridized carbons (Fsp3) is 0.385. The standard InChI is InChI=1S/C26H32FN4O7P/c1-26(2,34)11-10-17(24(28)32)14-23(38-39(35,36)37)21(13-16-6-5-7-18(27)12-16)31-25(33)22-15-29-19-8-3-4-9-20(19)30-22/h3-9,12,15,17,21,23,34H,10-11,13-14H2,1-2H3,(H2,28,32)(H,31,33)(H2,35,36,37). The van der Waals surface area contributed by atoms with Crippen LogP contribution in [0.3, 0.4) is 0 Å². The highest BCUT2D eigenvalue weighted by Gasteiger charge is 2.35. The van der Waals surface area contributed by atoms with Gasteiger partial charge in [0.1, 0.15) is 11.5 Å². The Morgan fingerprint density at radius 2 is 1.85 bits per heavy atom. The third kappa shape index (κ3) is 9.76. The Hall–Kier alpha value is -3.28. The van der Waals surface area contributed by atoms with Crippen molar-refractivity contribution in [3.8, 4) is 0 Å². The molecule has 3 atom stereocenters. The lowest BCUT2D eigenvalue weighted by Crippen LogP contribution is -2.47. The van der Waals surface area contributed by atoms with Crippen LogP contribution in [0.1, 0.15) is 49.2 Å². The quantitative estimate of drug-likeness (QED) is 0.195. The first-order chi connectivity index (χ1) is 18.2. The molecule has 3 rings (SSSR count). The van der Waals surface area contributed by atoms with Crippen molar-refractivity contribution >= 4 is 30.7 Å². The number of halogens is 1. The van der Waals surface area contributed by atoms with Gasteiger partial charge in [0.25, 0.3) is 5.91 Å². The molecule has 0 aliphatic carbocycles. The van der Waals surface area contributed by atoms with Gasteiger partial charge < -0.3 is 25.9 Å². The largest absolute Gasteiger partial charge is 0.469 e. The van der Waals surface area contributed by atoms with E-state index in [4.69, 9.17) is 10.3 Å². The minimum Gasteiger partial charge on any atom is -0.390 e.